The van der Waals surface area contributed by atoms with Crippen molar-refractivity contribution in [1.29, 1.82) is 0 Å². The van der Waals surface area contributed by atoms with Crippen molar-refractivity contribution < 1.29 is 24.0 Å². The van der Waals surface area contributed by atoms with Crippen molar-refractivity contribution in [2.75, 3.05) is 19.6 Å². The smallest absolute Gasteiger partial charge is 0.246 e. The molecule has 0 saturated carbocycles. The molecule has 0 spiro atoms. The van der Waals surface area contributed by atoms with E-state index in [1.807, 2.05) is 19.9 Å². The third-order valence-corrected chi connectivity index (χ3v) is 5.18. The number of rotatable bonds is 15. The van der Waals surface area contributed by atoms with Gasteiger partial charge in [-0.15, -0.1) is 0 Å². The summed E-state index contributed by atoms with van der Waals surface area (Å²) in [6.45, 7) is 8.09. The first-order chi connectivity index (χ1) is 16.9. The van der Waals surface area contributed by atoms with E-state index in [-0.39, 0.29) is 37.5 Å². The van der Waals surface area contributed by atoms with Crippen LogP contribution in [-0.2, 0) is 30.4 Å². The van der Waals surface area contributed by atoms with Gasteiger partial charge in [-0.2, -0.15) is 0 Å². The fourth-order valence-corrected chi connectivity index (χ4v) is 3.15. The fraction of sp³-hybridized carbons (Fsp3) is 0.480. The lowest BCUT2D eigenvalue weighted by Crippen LogP contribution is -2.56. The predicted molar refractivity (Wildman–Crippen MR) is 136 cm³/mol. The molecule has 0 aromatic heterocycles. The van der Waals surface area contributed by atoms with Gasteiger partial charge in [0.1, 0.15) is 12.1 Å². The highest BCUT2D eigenvalue weighted by molar-refractivity contribution is 5.97. The standard InChI is InChI=1S/C25H38N6O5/c1-15(2)10-19(24(35)28-13-21(32)18(27)12-26)31-25(36)20(11-17-8-6-5-7-9-17)30-22(33)14-29-23(34)16(3)4/h5-9,15,18-20H,3,10-14,26-27H2,1-2,4H3,(H,28,35)(H,29,34)(H,30,33)(H,31,36)/t18?,19-,20-/m0/s1. The van der Waals surface area contributed by atoms with Gasteiger partial charge in [0, 0.05) is 18.5 Å². The summed E-state index contributed by atoms with van der Waals surface area (Å²) in [6, 6.07) is 6.19. The maximum atomic E-state index is 13.2. The molecule has 0 bridgehead atoms. The Kier molecular flexibility index (Phi) is 13.1. The van der Waals surface area contributed by atoms with Crippen LogP contribution in [0.25, 0.3) is 0 Å². The van der Waals surface area contributed by atoms with Crippen molar-refractivity contribution in [3.8, 4) is 0 Å². The van der Waals surface area contributed by atoms with Crippen LogP contribution in [0.3, 0.4) is 0 Å². The Labute approximate surface area is 211 Å². The number of nitrogens with two attached hydrogens (primary N) is 2. The number of carbonyl (C=O) groups is 5. The first-order valence-electron chi connectivity index (χ1n) is 11.8. The van der Waals surface area contributed by atoms with Gasteiger partial charge < -0.3 is 32.7 Å². The molecule has 1 unspecified atom stereocenters. The monoisotopic (exact) mass is 502 g/mol. The number of nitrogens with one attached hydrogen (secondary N) is 4. The molecule has 0 radical (unpaired) electrons. The second-order valence-corrected chi connectivity index (χ2v) is 8.99. The lowest BCUT2D eigenvalue weighted by Gasteiger charge is -2.24. The number of carbonyl (C=O) groups excluding carboxylic acids is 5. The van der Waals surface area contributed by atoms with E-state index >= 15 is 0 Å². The Morgan fingerprint density at radius 3 is 2.11 bits per heavy atom. The van der Waals surface area contributed by atoms with Crippen molar-refractivity contribution in [3.63, 3.8) is 0 Å². The Balaban J connectivity index is 2.96. The SMILES string of the molecule is C=C(C)C(=O)NCC(=O)N[C@@H](Cc1ccccc1)C(=O)N[C@@H](CC(C)C)C(=O)NCC(=O)C(N)CN. The summed E-state index contributed by atoms with van der Waals surface area (Å²) in [5.74, 6) is -2.56. The van der Waals surface area contributed by atoms with Crippen LogP contribution < -0.4 is 32.7 Å². The maximum absolute atomic E-state index is 13.2. The summed E-state index contributed by atoms with van der Waals surface area (Å²) in [5.41, 5.74) is 12.0. The molecule has 0 aliphatic carbocycles. The van der Waals surface area contributed by atoms with Gasteiger partial charge in [0.2, 0.25) is 23.6 Å². The normalized spacial score (nSPS) is 13.2. The minimum Gasteiger partial charge on any atom is -0.347 e. The molecule has 11 nitrogen and oxygen atoms in total. The summed E-state index contributed by atoms with van der Waals surface area (Å²) in [7, 11) is 0. The molecule has 0 fully saturated rings. The molecule has 0 aliphatic rings. The first-order valence-corrected chi connectivity index (χ1v) is 11.8. The number of benzene rings is 1. The van der Waals surface area contributed by atoms with Gasteiger partial charge >= 0.3 is 0 Å². The van der Waals surface area contributed by atoms with E-state index in [1.165, 1.54) is 6.92 Å². The van der Waals surface area contributed by atoms with E-state index in [2.05, 4.69) is 27.8 Å². The van der Waals surface area contributed by atoms with E-state index in [1.54, 1.807) is 24.3 Å². The highest BCUT2D eigenvalue weighted by atomic mass is 16.2. The molecule has 3 atom stereocenters. The lowest BCUT2D eigenvalue weighted by atomic mass is 10.0. The van der Waals surface area contributed by atoms with Gasteiger partial charge in [0.25, 0.3) is 0 Å². The van der Waals surface area contributed by atoms with Crippen LogP contribution in [0.5, 0.6) is 0 Å². The first kappa shape index (κ1) is 30.5. The zero-order valence-electron chi connectivity index (χ0n) is 21.1. The van der Waals surface area contributed by atoms with Crippen LogP contribution in [0.2, 0.25) is 0 Å². The number of ketones is 1. The molecule has 0 aliphatic heterocycles. The summed E-state index contributed by atoms with van der Waals surface area (Å²) in [5, 5.41) is 10.2. The molecule has 1 aromatic carbocycles. The van der Waals surface area contributed by atoms with Crippen molar-refractivity contribution in [2.45, 2.75) is 51.7 Å². The molecular weight excluding hydrogens is 464 g/mol. The summed E-state index contributed by atoms with van der Waals surface area (Å²) in [4.78, 5) is 62.1. The number of hydrogen-bond acceptors (Lipinski definition) is 7. The van der Waals surface area contributed by atoms with Gasteiger partial charge in [-0.05, 0) is 24.8 Å². The molecule has 1 rings (SSSR count). The van der Waals surface area contributed by atoms with Gasteiger partial charge in [0.15, 0.2) is 5.78 Å². The summed E-state index contributed by atoms with van der Waals surface area (Å²) in [6.07, 6.45) is 0.460. The Morgan fingerprint density at radius 1 is 0.917 bits per heavy atom. The second kappa shape index (κ2) is 15.4. The zero-order valence-corrected chi connectivity index (χ0v) is 21.1. The molecule has 11 heteroatoms. The Bertz CT molecular complexity index is 934. The molecule has 1 aromatic rings. The fourth-order valence-electron chi connectivity index (χ4n) is 3.15. The van der Waals surface area contributed by atoms with Crippen LogP contribution in [0.4, 0.5) is 0 Å². The molecule has 36 heavy (non-hydrogen) atoms. The van der Waals surface area contributed by atoms with Gasteiger partial charge in [-0.25, -0.2) is 0 Å². The minimum atomic E-state index is -1.02. The third-order valence-electron chi connectivity index (χ3n) is 5.18. The van der Waals surface area contributed by atoms with E-state index in [0.717, 1.165) is 5.56 Å². The van der Waals surface area contributed by atoms with Crippen LogP contribution in [0.15, 0.2) is 42.5 Å². The van der Waals surface area contributed by atoms with Gasteiger partial charge in [-0.1, -0.05) is 50.8 Å². The van der Waals surface area contributed by atoms with Crippen LogP contribution in [0, 0.1) is 5.92 Å². The number of amides is 4. The molecule has 8 N–H and O–H groups in total. The Morgan fingerprint density at radius 2 is 1.56 bits per heavy atom. The van der Waals surface area contributed by atoms with Gasteiger partial charge in [-0.3, -0.25) is 24.0 Å². The summed E-state index contributed by atoms with van der Waals surface area (Å²) < 4.78 is 0. The van der Waals surface area contributed by atoms with Crippen molar-refractivity contribution in [1.82, 2.24) is 21.3 Å². The van der Waals surface area contributed by atoms with E-state index in [9.17, 15) is 24.0 Å². The largest absolute Gasteiger partial charge is 0.347 e. The molecular formula is C25H38N6O5. The number of Topliss-reactive ketones (excluding diaryl/α,β-unsaturated/α-hetero) is 1. The van der Waals surface area contributed by atoms with E-state index in [0.29, 0.717) is 6.42 Å². The maximum Gasteiger partial charge on any atom is 0.246 e. The highest BCUT2D eigenvalue weighted by Crippen LogP contribution is 2.08. The second-order valence-electron chi connectivity index (χ2n) is 8.99. The third kappa shape index (κ3) is 11.2. The average molecular weight is 503 g/mol. The molecule has 4 amide bonds. The van der Waals surface area contributed by atoms with Crippen LogP contribution >= 0.6 is 0 Å². The molecule has 0 saturated heterocycles. The summed E-state index contributed by atoms with van der Waals surface area (Å²) >= 11 is 0. The minimum absolute atomic E-state index is 0.0440. The predicted octanol–water partition coefficient (Wildman–Crippen LogP) is -1.09. The van der Waals surface area contributed by atoms with Crippen molar-refractivity contribution in [3.05, 3.63) is 48.0 Å². The number of hydrogen-bond donors (Lipinski definition) is 6. The topological polar surface area (TPSA) is 186 Å². The van der Waals surface area contributed by atoms with Crippen LogP contribution in [-0.4, -0.2) is 67.2 Å². The Hall–Kier alpha value is -3.57. The van der Waals surface area contributed by atoms with Crippen LogP contribution in [0.1, 0.15) is 32.8 Å². The zero-order chi connectivity index (χ0) is 27.3. The van der Waals surface area contributed by atoms with Gasteiger partial charge in [0.05, 0.1) is 19.1 Å². The van der Waals surface area contributed by atoms with E-state index in [4.69, 9.17) is 11.5 Å². The van der Waals surface area contributed by atoms with Crippen molar-refractivity contribution >= 4 is 29.4 Å². The molecule has 198 valence electrons. The van der Waals surface area contributed by atoms with E-state index < -0.39 is 47.5 Å². The quantitative estimate of drug-likeness (QED) is 0.164. The highest BCUT2D eigenvalue weighted by Gasteiger charge is 2.28. The molecule has 0 heterocycles. The average Bonchev–Trinajstić information content (AvgIpc) is 2.84. The lowest BCUT2D eigenvalue weighted by molar-refractivity contribution is -0.133. The van der Waals surface area contributed by atoms with Crippen molar-refractivity contribution in [2.24, 2.45) is 17.4 Å².